The molecule has 0 atom stereocenters. The maximum absolute atomic E-state index is 14.6. The van der Waals surface area contributed by atoms with Crippen LogP contribution in [0.2, 0.25) is 0 Å². The lowest BCUT2D eigenvalue weighted by molar-refractivity contribution is 0.319. The Morgan fingerprint density at radius 1 is 0.742 bits per heavy atom. The summed E-state index contributed by atoms with van der Waals surface area (Å²) < 4.78 is 29.0. The zero-order valence-electron chi connectivity index (χ0n) is 18.9. The van der Waals surface area contributed by atoms with Crippen LogP contribution in [0.15, 0.2) is 48.5 Å². The van der Waals surface area contributed by atoms with Crippen molar-refractivity contribution in [3.8, 4) is 0 Å². The average molecular weight is 421 g/mol. The predicted molar refractivity (Wildman–Crippen MR) is 127 cm³/mol. The maximum Gasteiger partial charge on any atom is 0.166 e. The van der Waals surface area contributed by atoms with Crippen molar-refractivity contribution in [2.45, 2.75) is 77.6 Å². The van der Waals surface area contributed by atoms with Crippen LogP contribution in [0.5, 0.6) is 0 Å². The molecule has 0 unspecified atom stereocenters. The van der Waals surface area contributed by atoms with Crippen LogP contribution in [-0.4, -0.2) is 0 Å². The Balaban J connectivity index is 1.42. The maximum atomic E-state index is 14.6. The van der Waals surface area contributed by atoms with Gasteiger partial charge in [0.15, 0.2) is 11.6 Å². The summed E-state index contributed by atoms with van der Waals surface area (Å²) in [5, 5.41) is 1.18. The Bertz CT molecular complexity index is 1010. The fourth-order valence-electron chi connectivity index (χ4n) is 5.19. The summed E-state index contributed by atoms with van der Waals surface area (Å²) in [5.41, 5.74) is 4.31. The van der Waals surface area contributed by atoms with Gasteiger partial charge < -0.3 is 0 Å². The Kier molecular flexibility index (Phi) is 7.05. The third-order valence-electron chi connectivity index (χ3n) is 7.26. The van der Waals surface area contributed by atoms with Gasteiger partial charge in [0, 0.05) is 5.39 Å². The Morgan fingerprint density at radius 3 is 2.10 bits per heavy atom. The van der Waals surface area contributed by atoms with Gasteiger partial charge in [-0.1, -0.05) is 63.1 Å². The molecule has 0 spiro atoms. The number of aryl methyl sites for hydroxylation is 3. The fraction of sp³-hybridized carbons (Fsp3) is 0.448. The highest BCUT2D eigenvalue weighted by Gasteiger charge is 2.21. The van der Waals surface area contributed by atoms with E-state index in [9.17, 15) is 8.78 Å². The Labute approximate surface area is 185 Å². The van der Waals surface area contributed by atoms with Gasteiger partial charge in [-0.2, -0.15) is 0 Å². The highest BCUT2D eigenvalue weighted by Crippen LogP contribution is 2.37. The summed E-state index contributed by atoms with van der Waals surface area (Å²) in [7, 11) is 0. The highest BCUT2D eigenvalue weighted by molar-refractivity contribution is 5.84. The van der Waals surface area contributed by atoms with Gasteiger partial charge in [0.25, 0.3) is 0 Å². The minimum Gasteiger partial charge on any atom is -0.203 e. The summed E-state index contributed by atoms with van der Waals surface area (Å²) >= 11 is 0. The van der Waals surface area contributed by atoms with Crippen molar-refractivity contribution in [2.75, 3.05) is 0 Å². The fourth-order valence-corrected chi connectivity index (χ4v) is 5.19. The normalized spacial score (nSPS) is 19.1. The first kappa shape index (κ1) is 22.0. The second kappa shape index (κ2) is 9.94. The van der Waals surface area contributed by atoms with E-state index in [2.05, 4.69) is 37.3 Å². The number of hydrogen-bond acceptors (Lipinski definition) is 0. The van der Waals surface area contributed by atoms with Gasteiger partial charge in [-0.3, -0.25) is 0 Å². The Morgan fingerprint density at radius 2 is 1.42 bits per heavy atom. The lowest BCUT2D eigenvalue weighted by Crippen LogP contribution is -2.12. The van der Waals surface area contributed by atoms with Crippen LogP contribution < -0.4 is 0 Å². The molecule has 0 nitrogen and oxygen atoms in total. The number of hydrogen-bond donors (Lipinski definition) is 0. The molecule has 3 aromatic rings. The largest absolute Gasteiger partial charge is 0.203 e. The van der Waals surface area contributed by atoms with E-state index in [0.717, 1.165) is 36.1 Å². The molecule has 31 heavy (non-hydrogen) atoms. The third kappa shape index (κ3) is 5.00. The quantitative estimate of drug-likeness (QED) is 0.359. The van der Waals surface area contributed by atoms with Crippen LogP contribution in [-0.2, 0) is 19.3 Å². The molecule has 0 aromatic heterocycles. The standard InChI is InChI=1S/C29H34F2/c1-3-5-26-19-25-17-12-22(18-27(25)29(31)28(26)30)7-6-21-10-15-24(16-11-21)23-13-8-20(4-2)9-14-23/h10-12,15-20,23H,3-9,13-14H2,1-2H3. The van der Waals surface area contributed by atoms with Crippen molar-refractivity contribution in [3.63, 3.8) is 0 Å². The summed E-state index contributed by atoms with van der Waals surface area (Å²) in [4.78, 5) is 0. The van der Waals surface area contributed by atoms with E-state index >= 15 is 0 Å². The van der Waals surface area contributed by atoms with E-state index in [-0.39, 0.29) is 0 Å². The zero-order chi connectivity index (χ0) is 21.8. The second-order valence-corrected chi connectivity index (χ2v) is 9.34. The van der Waals surface area contributed by atoms with Gasteiger partial charge in [0.2, 0.25) is 0 Å². The van der Waals surface area contributed by atoms with E-state index in [1.165, 1.54) is 43.2 Å². The molecule has 2 heteroatoms. The molecule has 0 heterocycles. The van der Waals surface area contributed by atoms with E-state index in [4.69, 9.17) is 0 Å². The molecule has 0 saturated heterocycles. The molecule has 0 radical (unpaired) electrons. The summed E-state index contributed by atoms with van der Waals surface area (Å²) in [6.45, 7) is 4.29. The van der Waals surface area contributed by atoms with Crippen molar-refractivity contribution >= 4 is 10.8 Å². The van der Waals surface area contributed by atoms with Gasteiger partial charge >= 0.3 is 0 Å². The van der Waals surface area contributed by atoms with Gasteiger partial charge in [0.05, 0.1) is 0 Å². The molecule has 1 fully saturated rings. The molecule has 0 amide bonds. The van der Waals surface area contributed by atoms with Gasteiger partial charge in [-0.05, 0) is 96.6 Å². The smallest absolute Gasteiger partial charge is 0.166 e. The SMILES string of the molecule is CCCc1cc2ccc(CCc3ccc(C4CCC(CC)CC4)cc3)cc2c(F)c1F. The van der Waals surface area contributed by atoms with Crippen molar-refractivity contribution in [1.82, 2.24) is 0 Å². The van der Waals surface area contributed by atoms with Crippen molar-refractivity contribution < 1.29 is 8.78 Å². The van der Waals surface area contributed by atoms with Crippen molar-refractivity contribution in [3.05, 3.63) is 82.4 Å². The monoisotopic (exact) mass is 420 g/mol. The highest BCUT2D eigenvalue weighted by atomic mass is 19.2. The molecular weight excluding hydrogens is 386 g/mol. The van der Waals surface area contributed by atoms with Gasteiger partial charge in [-0.25, -0.2) is 8.78 Å². The van der Waals surface area contributed by atoms with Gasteiger partial charge in [0.1, 0.15) is 0 Å². The van der Waals surface area contributed by atoms with Crippen LogP contribution in [0, 0.1) is 17.6 Å². The topological polar surface area (TPSA) is 0 Å². The molecule has 1 saturated carbocycles. The third-order valence-corrected chi connectivity index (χ3v) is 7.26. The van der Waals surface area contributed by atoms with Gasteiger partial charge in [-0.15, -0.1) is 0 Å². The minimum atomic E-state index is -0.704. The zero-order valence-corrected chi connectivity index (χ0v) is 18.9. The molecule has 3 aromatic carbocycles. The van der Waals surface area contributed by atoms with Crippen molar-refractivity contribution in [2.24, 2.45) is 5.92 Å². The van der Waals surface area contributed by atoms with Crippen LogP contribution in [0.25, 0.3) is 10.8 Å². The molecule has 1 aliphatic rings. The minimum absolute atomic E-state index is 0.396. The molecule has 0 bridgehead atoms. The molecule has 1 aliphatic carbocycles. The average Bonchev–Trinajstić information content (AvgIpc) is 2.82. The van der Waals surface area contributed by atoms with E-state index in [0.29, 0.717) is 23.3 Å². The van der Waals surface area contributed by atoms with Crippen LogP contribution >= 0.6 is 0 Å². The van der Waals surface area contributed by atoms with Crippen LogP contribution in [0.1, 0.15) is 80.5 Å². The molecule has 4 rings (SSSR count). The molecular formula is C29H34F2. The second-order valence-electron chi connectivity index (χ2n) is 9.34. The van der Waals surface area contributed by atoms with E-state index in [1.54, 1.807) is 6.07 Å². The lowest BCUT2D eigenvalue weighted by atomic mass is 9.78. The number of benzene rings is 3. The van der Waals surface area contributed by atoms with Crippen molar-refractivity contribution in [1.29, 1.82) is 0 Å². The number of fused-ring (bicyclic) bond motifs is 1. The van der Waals surface area contributed by atoms with E-state index in [1.807, 2.05) is 19.1 Å². The van der Waals surface area contributed by atoms with Crippen LogP contribution in [0.4, 0.5) is 8.78 Å². The summed E-state index contributed by atoms with van der Waals surface area (Å²) in [6, 6.07) is 16.7. The number of halogens is 2. The predicted octanol–water partition coefficient (Wildman–Crippen LogP) is 8.54. The Hall–Kier alpha value is -2.22. The molecule has 0 aliphatic heterocycles. The molecule has 164 valence electrons. The first-order valence-electron chi connectivity index (χ1n) is 12.1. The van der Waals surface area contributed by atoms with E-state index < -0.39 is 11.6 Å². The summed E-state index contributed by atoms with van der Waals surface area (Å²) in [6.07, 6.45) is 9.78. The lowest BCUT2D eigenvalue weighted by Gasteiger charge is -2.28. The summed E-state index contributed by atoms with van der Waals surface area (Å²) in [5.74, 6) is 0.252. The first-order valence-corrected chi connectivity index (χ1v) is 12.1. The van der Waals surface area contributed by atoms with Crippen LogP contribution in [0.3, 0.4) is 0 Å². The molecule has 0 N–H and O–H groups in total. The first-order chi connectivity index (χ1) is 15.1. The number of rotatable bonds is 7.